The Balaban J connectivity index is 1.30. The van der Waals surface area contributed by atoms with E-state index < -0.39 is 0 Å². The van der Waals surface area contributed by atoms with Gasteiger partial charge in [0.1, 0.15) is 11.6 Å². The number of hydrogen-bond acceptors (Lipinski definition) is 5. The van der Waals surface area contributed by atoms with Gasteiger partial charge in [-0.1, -0.05) is 0 Å². The smallest absolute Gasteiger partial charge is 0.289 e. The lowest BCUT2D eigenvalue weighted by Crippen LogP contribution is -2.33. The van der Waals surface area contributed by atoms with Gasteiger partial charge in [0.15, 0.2) is 0 Å². The van der Waals surface area contributed by atoms with E-state index in [0.29, 0.717) is 23.7 Å². The van der Waals surface area contributed by atoms with Crippen LogP contribution in [0.15, 0.2) is 22.8 Å². The maximum atomic E-state index is 12.3. The monoisotopic (exact) mass is 327 g/mol. The molecule has 3 aliphatic rings. The van der Waals surface area contributed by atoms with Gasteiger partial charge in [0.2, 0.25) is 5.82 Å². The maximum Gasteiger partial charge on any atom is 0.289 e. The van der Waals surface area contributed by atoms with Gasteiger partial charge < -0.3 is 14.3 Å². The number of amides is 1. The van der Waals surface area contributed by atoms with E-state index in [0.717, 1.165) is 57.0 Å². The van der Waals surface area contributed by atoms with Crippen LogP contribution in [0.3, 0.4) is 0 Å². The Labute approximate surface area is 140 Å². The predicted octanol–water partition coefficient (Wildman–Crippen LogP) is 1.07. The number of rotatable bonds is 4. The molecule has 5 rings (SSSR count). The fourth-order valence-electron chi connectivity index (χ4n) is 4.02. The van der Waals surface area contributed by atoms with Gasteiger partial charge in [-0.2, -0.15) is 0 Å². The molecule has 0 unspecified atom stereocenters. The molecule has 126 valence electrons. The van der Waals surface area contributed by atoms with Crippen molar-refractivity contribution in [2.24, 2.45) is 11.8 Å². The lowest BCUT2D eigenvalue weighted by molar-refractivity contribution is 0.0932. The Hall–Kier alpha value is -2.15. The van der Waals surface area contributed by atoms with E-state index >= 15 is 0 Å². The number of fused-ring (bicyclic) bond motifs is 2. The van der Waals surface area contributed by atoms with Gasteiger partial charge in [0.05, 0.1) is 12.8 Å². The van der Waals surface area contributed by atoms with Crippen LogP contribution in [0.2, 0.25) is 0 Å². The Kier molecular flexibility index (Phi) is 3.22. The fraction of sp³-hybridized carbons (Fsp3) is 0.588. The molecule has 0 spiro atoms. The highest BCUT2D eigenvalue weighted by atomic mass is 16.3. The van der Waals surface area contributed by atoms with E-state index in [2.05, 4.69) is 20.4 Å². The van der Waals surface area contributed by atoms with Crippen LogP contribution in [0.4, 0.5) is 0 Å². The van der Waals surface area contributed by atoms with Gasteiger partial charge in [0.25, 0.3) is 5.91 Å². The third-order valence-electron chi connectivity index (χ3n) is 5.42. The number of aromatic nitrogens is 3. The molecule has 7 heteroatoms. The van der Waals surface area contributed by atoms with Crippen LogP contribution in [0.5, 0.6) is 0 Å². The molecule has 0 radical (unpaired) electrons. The average Bonchev–Trinajstić information content (AvgIpc) is 2.99. The number of likely N-dealkylation sites (tertiary alicyclic amines) is 1. The van der Waals surface area contributed by atoms with Crippen molar-refractivity contribution in [3.05, 3.63) is 35.8 Å². The number of nitrogens with one attached hydrogen (secondary N) is 1. The number of carbonyl (C=O) groups is 1. The second-order valence-corrected chi connectivity index (χ2v) is 7.30. The van der Waals surface area contributed by atoms with Crippen LogP contribution in [-0.2, 0) is 19.5 Å². The number of nitrogens with zero attached hydrogens (tertiary/aromatic N) is 4. The Morgan fingerprint density at radius 2 is 2.12 bits per heavy atom. The van der Waals surface area contributed by atoms with Gasteiger partial charge in [-0.15, -0.1) is 10.2 Å². The zero-order valence-electron chi connectivity index (χ0n) is 13.5. The summed E-state index contributed by atoms with van der Waals surface area (Å²) >= 11 is 0. The molecule has 2 aliphatic heterocycles. The molecule has 2 fully saturated rings. The maximum absolute atomic E-state index is 12.3. The van der Waals surface area contributed by atoms with Crippen molar-refractivity contribution in [1.29, 1.82) is 0 Å². The van der Waals surface area contributed by atoms with Crippen LogP contribution in [-0.4, -0.2) is 44.7 Å². The highest BCUT2D eigenvalue weighted by molar-refractivity contribution is 5.91. The molecule has 1 aliphatic carbocycles. The molecule has 1 saturated carbocycles. The zero-order chi connectivity index (χ0) is 16.1. The first-order valence-electron chi connectivity index (χ1n) is 8.74. The van der Waals surface area contributed by atoms with Crippen LogP contribution in [0.1, 0.15) is 35.0 Å². The van der Waals surface area contributed by atoms with E-state index in [4.69, 9.17) is 4.42 Å². The van der Waals surface area contributed by atoms with Gasteiger partial charge in [0, 0.05) is 32.1 Å². The first kappa shape index (κ1) is 14.2. The van der Waals surface area contributed by atoms with Gasteiger partial charge in [-0.05, 0) is 36.8 Å². The van der Waals surface area contributed by atoms with Crippen molar-refractivity contribution in [2.45, 2.75) is 38.4 Å². The molecule has 1 N–H and O–H groups in total. The number of hydrogen-bond donors (Lipinski definition) is 1. The molecule has 2 atom stereocenters. The first-order valence-corrected chi connectivity index (χ1v) is 8.74. The lowest BCUT2D eigenvalue weighted by Gasteiger charge is -2.25. The molecule has 0 aromatic carbocycles. The molecule has 7 nitrogen and oxygen atoms in total. The second kappa shape index (κ2) is 5.44. The lowest BCUT2D eigenvalue weighted by atomic mass is 9.89. The summed E-state index contributed by atoms with van der Waals surface area (Å²) in [4.78, 5) is 14.8. The summed E-state index contributed by atoms with van der Waals surface area (Å²) in [5.41, 5.74) is 0. The molecule has 1 saturated heterocycles. The Morgan fingerprint density at radius 3 is 2.92 bits per heavy atom. The van der Waals surface area contributed by atoms with Crippen molar-refractivity contribution < 1.29 is 9.21 Å². The standard InChI is InChI=1S/C17H21N5O2/c23-17(18-13-3-4-13)16-20-19-15-6-11-7-21(8-12(11)9-22(15)16)10-14-2-1-5-24-14/h1-2,5,11-13H,3-4,6-10H2,(H,18,23)/t11-,12-/m0/s1. The first-order chi connectivity index (χ1) is 11.8. The van der Waals surface area contributed by atoms with Gasteiger partial charge in [-0.3, -0.25) is 9.69 Å². The summed E-state index contributed by atoms with van der Waals surface area (Å²) in [7, 11) is 0. The minimum atomic E-state index is -0.0693. The highest BCUT2D eigenvalue weighted by Crippen LogP contribution is 2.33. The topological polar surface area (TPSA) is 76.2 Å². The van der Waals surface area contributed by atoms with Gasteiger partial charge >= 0.3 is 0 Å². The van der Waals surface area contributed by atoms with Crippen molar-refractivity contribution in [1.82, 2.24) is 25.0 Å². The molecule has 2 aromatic rings. The quantitative estimate of drug-likeness (QED) is 0.909. The predicted molar refractivity (Wildman–Crippen MR) is 85.2 cm³/mol. The molecular weight excluding hydrogens is 306 g/mol. The molecular formula is C17H21N5O2. The SMILES string of the molecule is O=C(NC1CC1)c1nnc2n1C[C@@H]1CN(Cc3ccco3)C[C@@H]1C2. The fourth-order valence-corrected chi connectivity index (χ4v) is 4.02. The average molecular weight is 327 g/mol. The van der Waals surface area contributed by atoms with Crippen LogP contribution in [0, 0.1) is 11.8 Å². The minimum absolute atomic E-state index is 0.0693. The van der Waals surface area contributed by atoms with Crippen LogP contribution >= 0.6 is 0 Å². The van der Waals surface area contributed by atoms with Crippen molar-refractivity contribution in [3.63, 3.8) is 0 Å². The van der Waals surface area contributed by atoms with Gasteiger partial charge in [-0.25, -0.2) is 0 Å². The summed E-state index contributed by atoms with van der Waals surface area (Å²) in [5.74, 6) is 3.53. The normalized spacial score (nSPS) is 26.2. The summed E-state index contributed by atoms with van der Waals surface area (Å²) in [6.45, 7) is 3.79. The van der Waals surface area contributed by atoms with Crippen molar-refractivity contribution in [2.75, 3.05) is 13.1 Å². The molecule has 24 heavy (non-hydrogen) atoms. The molecule has 2 aromatic heterocycles. The molecule has 0 bridgehead atoms. The third kappa shape index (κ3) is 2.53. The Bertz CT molecular complexity index is 749. The van der Waals surface area contributed by atoms with E-state index in [1.54, 1.807) is 6.26 Å². The second-order valence-electron chi connectivity index (χ2n) is 7.30. The number of carbonyl (C=O) groups excluding carboxylic acids is 1. The minimum Gasteiger partial charge on any atom is -0.468 e. The summed E-state index contributed by atoms with van der Waals surface area (Å²) in [6, 6.07) is 4.30. The van der Waals surface area contributed by atoms with E-state index in [-0.39, 0.29) is 5.91 Å². The van der Waals surface area contributed by atoms with E-state index in [1.165, 1.54) is 0 Å². The summed E-state index contributed by atoms with van der Waals surface area (Å²) < 4.78 is 7.50. The van der Waals surface area contributed by atoms with Crippen molar-refractivity contribution in [3.8, 4) is 0 Å². The Morgan fingerprint density at radius 1 is 1.25 bits per heavy atom. The molecule has 1 amide bonds. The summed E-state index contributed by atoms with van der Waals surface area (Å²) in [6.07, 6.45) is 4.80. The van der Waals surface area contributed by atoms with Crippen molar-refractivity contribution >= 4 is 5.91 Å². The number of furan rings is 1. The summed E-state index contributed by atoms with van der Waals surface area (Å²) in [5, 5.41) is 11.5. The van der Waals surface area contributed by atoms with Crippen LogP contribution in [0.25, 0.3) is 0 Å². The van der Waals surface area contributed by atoms with E-state index in [9.17, 15) is 4.79 Å². The van der Waals surface area contributed by atoms with Crippen LogP contribution < -0.4 is 5.32 Å². The zero-order valence-corrected chi connectivity index (χ0v) is 13.5. The third-order valence-corrected chi connectivity index (χ3v) is 5.42. The molecule has 4 heterocycles. The largest absolute Gasteiger partial charge is 0.468 e. The van der Waals surface area contributed by atoms with E-state index in [1.807, 2.05) is 16.7 Å². The highest BCUT2D eigenvalue weighted by Gasteiger charge is 2.39.